The highest BCUT2D eigenvalue weighted by Crippen LogP contribution is 2.40. The maximum Gasteiger partial charge on any atom is 0.410 e. The van der Waals surface area contributed by atoms with E-state index in [9.17, 15) is 4.79 Å². The van der Waals surface area contributed by atoms with Crippen LogP contribution in [0, 0.1) is 11.8 Å². The first kappa shape index (κ1) is 19.2. The topological polar surface area (TPSA) is 60.9 Å². The number of hydrogen-bond acceptors (Lipinski definition) is 6. The van der Waals surface area contributed by atoms with Gasteiger partial charge in [0, 0.05) is 24.4 Å². The number of thiazole rings is 1. The molecule has 2 aliphatic rings. The first-order chi connectivity index (χ1) is 14.7. The normalized spacial score (nSPS) is 22.8. The molecule has 2 aromatic carbocycles. The molecular formula is C23H24N2O4S. The second-order valence-corrected chi connectivity index (χ2v) is 8.69. The summed E-state index contributed by atoms with van der Waals surface area (Å²) in [4.78, 5) is 18.4. The molecule has 1 aliphatic carbocycles. The molecular weight excluding hydrogens is 400 g/mol. The number of carbonyl (C=O) groups is 1. The van der Waals surface area contributed by atoms with Crippen LogP contribution in [0.3, 0.4) is 0 Å². The first-order valence-corrected chi connectivity index (χ1v) is 11.2. The van der Waals surface area contributed by atoms with Gasteiger partial charge in [-0.15, -0.1) is 11.3 Å². The van der Waals surface area contributed by atoms with Crippen molar-refractivity contribution in [3.8, 4) is 11.5 Å². The molecule has 0 spiro atoms. The molecule has 0 bridgehead atoms. The van der Waals surface area contributed by atoms with Gasteiger partial charge in [0.2, 0.25) is 0 Å². The van der Waals surface area contributed by atoms with E-state index >= 15 is 0 Å². The lowest BCUT2D eigenvalue weighted by atomic mass is 9.99. The number of likely N-dealkylation sites (tertiary alicyclic amines) is 1. The summed E-state index contributed by atoms with van der Waals surface area (Å²) in [6.45, 7) is 1.67. The Morgan fingerprint density at radius 3 is 2.70 bits per heavy atom. The number of fused-ring (bicyclic) bond motifs is 2. The van der Waals surface area contributed by atoms with Gasteiger partial charge in [0.1, 0.15) is 24.2 Å². The van der Waals surface area contributed by atoms with Gasteiger partial charge in [0.15, 0.2) is 0 Å². The molecule has 1 aliphatic heterocycles. The Morgan fingerprint density at radius 1 is 1.13 bits per heavy atom. The fraction of sp³-hybridized carbons (Fsp3) is 0.391. The van der Waals surface area contributed by atoms with Gasteiger partial charge < -0.3 is 19.1 Å². The number of benzene rings is 2. The fourth-order valence-corrected chi connectivity index (χ4v) is 5.17. The number of amides is 1. The Morgan fingerprint density at radius 2 is 1.93 bits per heavy atom. The molecule has 0 unspecified atom stereocenters. The molecule has 1 saturated heterocycles. The van der Waals surface area contributed by atoms with Crippen molar-refractivity contribution >= 4 is 28.2 Å². The predicted octanol–water partition coefficient (Wildman–Crippen LogP) is 4.73. The van der Waals surface area contributed by atoms with Crippen molar-refractivity contribution in [2.45, 2.75) is 25.6 Å². The molecule has 6 nitrogen and oxygen atoms in total. The third-order valence-electron chi connectivity index (χ3n) is 6.18. The number of carbonyl (C=O) groups excluding carboxylic acids is 1. The number of methoxy groups -OCH3 is 1. The fourth-order valence-electron chi connectivity index (χ4n) is 4.62. The number of nitrogens with zero attached hydrogens (tertiary/aromatic N) is 2. The van der Waals surface area contributed by atoms with Gasteiger partial charge in [0.25, 0.3) is 0 Å². The van der Waals surface area contributed by atoms with Crippen LogP contribution >= 0.6 is 11.3 Å². The van der Waals surface area contributed by atoms with Crippen LogP contribution in [0.25, 0.3) is 10.8 Å². The quantitative estimate of drug-likeness (QED) is 0.593. The van der Waals surface area contributed by atoms with E-state index in [2.05, 4.69) is 17.1 Å². The van der Waals surface area contributed by atoms with Crippen molar-refractivity contribution < 1.29 is 19.0 Å². The monoisotopic (exact) mass is 424 g/mol. The van der Waals surface area contributed by atoms with Gasteiger partial charge in [-0.05, 0) is 53.8 Å². The van der Waals surface area contributed by atoms with Crippen molar-refractivity contribution in [1.29, 1.82) is 0 Å². The molecule has 156 valence electrons. The molecule has 30 heavy (non-hydrogen) atoms. The molecule has 2 heterocycles. The molecule has 1 aromatic heterocycles. The minimum Gasteiger partial charge on any atom is -0.497 e. The molecule has 7 heteroatoms. The molecule has 0 N–H and O–H groups in total. The van der Waals surface area contributed by atoms with E-state index in [1.165, 1.54) is 11.3 Å². The van der Waals surface area contributed by atoms with Gasteiger partial charge in [-0.25, -0.2) is 9.78 Å². The predicted molar refractivity (Wildman–Crippen MR) is 115 cm³/mol. The Bertz CT molecular complexity index is 1040. The summed E-state index contributed by atoms with van der Waals surface area (Å²) in [5.74, 6) is 2.56. The highest BCUT2D eigenvalue weighted by atomic mass is 32.1. The van der Waals surface area contributed by atoms with Crippen molar-refractivity contribution in [1.82, 2.24) is 9.88 Å². The van der Waals surface area contributed by atoms with E-state index < -0.39 is 0 Å². The van der Waals surface area contributed by atoms with Crippen LogP contribution in [0.15, 0.2) is 47.3 Å². The van der Waals surface area contributed by atoms with Gasteiger partial charge in [-0.1, -0.05) is 12.1 Å². The minimum absolute atomic E-state index is 0.127. The average Bonchev–Trinajstić information content (AvgIpc) is 3.50. The Kier molecular flexibility index (Phi) is 5.21. The average molecular weight is 425 g/mol. The highest BCUT2D eigenvalue weighted by Gasteiger charge is 2.45. The number of aromatic nitrogens is 1. The Hall–Kier alpha value is -2.80. The van der Waals surface area contributed by atoms with E-state index in [-0.39, 0.29) is 18.8 Å². The third kappa shape index (κ3) is 3.81. The molecule has 5 rings (SSSR count). The number of hydrogen-bond donors (Lipinski definition) is 0. The molecule has 3 atom stereocenters. The summed E-state index contributed by atoms with van der Waals surface area (Å²) >= 11 is 1.50. The van der Waals surface area contributed by atoms with Crippen molar-refractivity contribution in [2.75, 3.05) is 20.2 Å². The van der Waals surface area contributed by atoms with Gasteiger partial charge in [-0.2, -0.15) is 0 Å². The standard InChI is InChI=1S/C23H24N2O4S/c1-27-19-5-2-16-9-20(6-3-15(16)8-19)29-22-7-4-17-10-25(11-21(17)22)23(26)28-12-18-13-30-14-24-18/h2-3,5-6,8-9,13-14,17,21-22H,4,7,10-12H2,1H3/t17-,21-,22-/m1/s1. The van der Waals surface area contributed by atoms with E-state index in [0.29, 0.717) is 18.4 Å². The Balaban J connectivity index is 1.21. The first-order valence-electron chi connectivity index (χ1n) is 10.2. The minimum atomic E-state index is -0.254. The third-order valence-corrected chi connectivity index (χ3v) is 6.82. The number of ether oxygens (including phenoxy) is 3. The zero-order valence-electron chi connectivity index (χ0n) is 16.8. The summed E-state index contributed by atoms with van der Waals surface area (Å²) in [6, 6.07) is 12.2. The summed E-state index contributed by atoms with van der Waals surface area (Å²) in [6.07, 6.45) is 1.98. The highest BCUT2D eigenvalue weighted by molar-refractivity contribution is 7.07. The summed E-state index contributed by atoms with van der Waals surface area (Å²) in [5.41, 5.74) is 2.54. The number of rotatable bonds is 5. The molecule has 3 aromatic rings. The zero-order valence-corrected chi connectivity index (χ0v) is 17.6. The molecule has 0 radical (unpaired) electrons. The lowest BCUT2D eigenvalue weighted by Gasteiger charge is -2.22. The van der Waals surface area contributed by atoms with E-state index in [0.717, 1.165) is 47.4 Å². The SMILES string of the molecule is COc1ccc2cc(O[C@@H]3CC[C@@H]4CN(C(=O)OCc5cscn5)C[C@H]43)ccc2c1. The summed E-state index contributed by atoms with van der Waals surface area (Å²) in [7, 11) is 1.68. The summed E-state index contributed by atoms with van der Waals surface area (Å²) in [5, 5.41) is 4.15. The van der Waals surface area contributed by atoms with Crippen LogP contribution in [-0.4, -0.2) is 42.3 Å². The maximum atomic E-state index is 12.5. The molecule has 1 saturated carbocycles. The van der Waals surface area contributed by atoms with E-state index in [1.807, 2.05) is 34.5 Å². The van der Waals surface area contributed by atoms with Crippen LogP contribution in [0.1, 0.15) is 18.5 Å². The van der Waals surface area contributed by atoms with Gasteiger partial charge in [0.05, 0.1) is 18.3 Å². The van der Waals surface area contributed by atoms with Crippen LogP contribution in [0.2, 0.25) is 0 Å². The van der Waals surface area contributed by atoms with E-state index in [1.54, 1.807) is 12.6 Å². The molecule has 2 fully saturated rings. The maximum absolute atomic E-state index is 12.5. The van der Waals surface area contributed by atoms with Crippen LogP contribution in [0.5, 0.6) is 11.5 Å². The largest absolute Gasteiger partial charge is 0.497 e. The second kappa shape index (κ2) is 8.14. The lowest BCUT2D eigenvalue weighted by Crippen LogP contribution is -2.32. The van der Waals surface area contributed by atoms with Gasteiger partial charge >= 0.3 is 6.09 Å². The van der Waals surface area contributed by atoms with Crippen LogP contribution in [-0.2, 0) is 11.3 Å². The van der Waals surface area contributed by atoms with Crippen LogP contribution < -0.4 is 9.47 Å². The zero-order chi connectivity index (χ0) is 20.5. The smallest absolute Gasteiger partial charge is 0.410 e. The van der Waals surface area contributed by atoms with Crippen LogP contribution in [0.4, 0.5) is 4.79 Å². The molecule has 1 amide bonds. The van der Waals surface area contributed by atoms with Crippen molar-refractivity contribution in [3.63, 3.8) is 0 Å². The van der Waals surface area contributed by atoms with Crippen molar-refractivity contribution in [2.24, 2.45) is 11.8 Å². The van der Waals surface area contributed by atoms with E-state index in [4.69, 9.17) is 14.2 Å². The summed E-state index contributed by atoms with van der Waals surface area (Å²) < 4.78 is 17.1. The Labute approximate surface area is 179 Å². The van der Waals surface area contributed by atoms with Gasteiger partial charge in [-0.3, -0.25) is 0 Å². The second-order valence-electron chi connectivity index (χ2n) is 7.97. The lowest BCUT2D eigenvalue weighted by molar-refractivity contribution is 0.0952. The van der Waals surface area contributed by atoms with Crippen molar-refractivity contribution in [3.05, 3.63) is 53.0 Å².